The van der Waals surface area contributed by atoms with Crippen molar-refractivity contribution in [3.63, 3.8) is 0 Å². The molecule has 20 heavy (non-hydrogen) atoms. The van der Waals surface area contributed by atoms with E-state index in [0.717, 1.165) is 10.9 Å². The zero-order valence-corrected chi connectivity index (χ0v) is 11.0. The van der Waals surface area contributed by atoms with Crippen LogP contribution in [0.25, 0.3) is 17.0 Å². The Morgan fingerprint density at radius 3 is 3.00 bits per heavy atom. The summed E-state index contributed by atoms with van der Waals surface area (Å²) in [6.45, 7) is 0.266. The van der Waals surface area contributed by atoms with Crippen LogP contribution >= 0.6 is 0 Å². The number of nitriles is 1. The van der Waals surface area contributed by atoms with E-state index in [0.29, 0.717) is 18.5 Å². The van der Waals surface area contributed by atoms with Gasteiger partial charge in [0, 0.05) is 17.9 Å². The van der Waals surface area contributed by atoms with Crippen molar-refractivity contribution in [2.75, 3.05) is 6.61 Å². The third-order valence-electron chi connectivity index (χ3n) is 2.69. The Kier molecular flexibility index (Phi) is 4.85. The predicted octanol–water partition coefficient (Wildman–Crippen LogP) is 3.09. The van der Waals surface area contributed by atoms with Gasteiger partial charge in [-0.15, -0.1) is 0 Å². The molecule has 2 aromatic rings. The van der Waals surface area contributed by atoms with E-state index in [1.807, 2.05) is 42.5 Å². The average Bonchev–Trinajstić information content (AvgIpc) is 2.49. The summed E-state index contributed by atoms with van der Waals surface area (Å²) in [5, 5.41) is 9.42. The van der Waals surface area contributed by atoms with E-state index in [1.165, 1.54) is 6.08 Å². The first-order valence-corrected chi connectivity index (χ1v) is 6.37. The van der Waals surface area contributed by atoms with E-state index in [4.69, 9.17) is 10.00 Å². The highest BCUT2D eigenvalue weighted by Gasteiger charge is 1.98. The SMILES string of the molecule is N#CCCCOC(=O)/C=C/c1ccc2ccccc2n1. The molecule has 0 atom stereocenters. The summed E-state index contributed by atoms with van der Waals surface area (Å²) in [6.07, 6.45) is 3.93. The molecule has 100 valence electrons. The quantitative estimate of drug-likeness (QED) is 0.474. The highest BCUT2D eigenvalue weighted by Crippen LogP contribution is 2.12. The van der Waals surface area contributed by atoms with E-state index in [1.54, 1.807) is 6.08 Å². The minimum absolute atomic E-state index is 0.266. The van der Waals surface area contributed by atoms with Gasteiger partial charge in [0.15, 0.2) is 0 Å². The molecular formula is C16H14N2O2. The topological polar surface area (TPSA) is 63.0 Å². The molecule has 0 unspecified atom stereocenters. The first-order chi connectivity index (χ1) is 9.79. The van der Waals surface area contributed by atoms with Gasteiger partial charge in [0.05, 0.1) is 23.9 Å². The molecule has 0 saturated heterocycles. The molecular weight excluding hydrogens is 252 g/mol. The van der Waals surface area contributed by atoms with Crippen LogP contribution in [0.4, 0.5) is 0 Å². The van der Waals surface area contributed by atoms with Gasteiger partial charge in [-0.2, -0.15) is 5.26 Å². The fourth-order valence-corrected chi connectivity index (χ4v) is 1.70. The zero-order valence-electron chi connectivity index (χ0n) is 11.0. The Morgan fingerprint density at radius 2 is 2.15 bits per heavy atom. The molecule has 0 N–H and O–H groups in total. The molecule has 0 aliphatic heterocycles. The summed E-state index contributed by atoms with van der Waals surface area (Å²) in [6, 6.07) is 13.6. The van der Waals surface area contributed by atoms with Gasteiger partial charge >= 0.3 is 5.97 Å². The molecule has 4 heteroatoms. The molecule has 0 aliphatic carbocycles. The van der Waals surface area contributed by atoms with E-state index >= 15 is 0 Å². The van der Waals surface area contributed by atoms with Gasteiger partial charge < -0.3 is 4.74 Å². The number of carbonyl (C=O) groups excluding carboxylic acids is 1. The zero-order chi connectivity index (χ0) is 14.2. The number of fused-ring (bicyclic) bond motifs is 1. The molecule has 1 aromatic carbocycles. The van der Waals surface area contributed by atoms with Crippen molar-refractivity contribution in [3.05, 3.63) is 48.2 Å². The van der Waals surface area contributed by atoms with Crippen LogP contribution in [0.3, 0.4) is 0 Å². The minimum atomic E-state index is -0.419. The van der Waals surface area contributed by atoms with Gasteiger partial charge in [-0.3, -0.25) is 0 Å². The summed E-state index contributed by atoms with van der Waals surface area (Å²) in [5.74, 6) is -0.419. The number of aromatic nitrogens is 1. The van der Waals surface area contributed by atoms with Crippen molar-refractivity contribution in [2.45, 2.75) is 12.8 Å². The smallest absolute Gasteiger partial charge is 0.330 e. The number of esters is 1. The lowest BCUT2D eigenvalue weighted by atomic mass is 10.2. The lowest BCUT2D eigenvalue weighted by molar-refractivity contribution is -0.137. The van der Waals surface area contributed by atoms with Crippen LogP contribution in [0.5, 0.6) is 0 Å². The fraction of sp³-hybridized carbons (Fsp3) is 0.188. The number of benzene rings is 1. The van der Waals surface area contributed by atoms with Crippen LogP contribution in [0, 0.1) is 11.3 Å². The molecule has 0 aliphatic rings. The van der Waals surface area contributed by atoms with Crippen LogP contribution in [0.15, 0.2) is 42.5 Å². The molecule has 0 amide bonds. The van der Waals surface area contributed by atoms with Gasteiger partial charge in [-0.25, -0.2) is 9.78 Å². The number of carbonyl (C=O) groups is 1. The molecule has 0 bridgehead atoms. The second-order valence-electron chi connectivity index (χ2n) is 4.19. The molecule has 0 radical (unpaired) electrons. The van der Waals surface area contributed by atoms with Gasteiger partial charge in [-0.1, -0.05) is 24.3 Å². The third-order valence-corrected chi connectivity index (χ3v) is 2.69. The third kappa shape index (κ3) is 3.92. The summed E-state index contributed by atoms with van der Waals surface area (Å²) >= 11 is 0. The van der Waals surface area contributed by atoms with Crippen LogP contribution in [0.2, 0.25) is 0 Å². The monoisotopic (exact) mass is 266 g/mol. The Bertz CT molecular complexity index is 671. The van der Waals surface area contributed by atoms with Crippen molar-refractivity contribution in [1.29, 1.82) is 5.26 Å². The Labute approximate surface area is 117 Å². The molecule has 0 saturated carbocycles. The van der Waals surface area contributed by atoms with Crippen LogP contribution in [-0.4, -0.2) is 17.6 Å². The summed E-state index contributed by atoms with van der Waals surface area (Å²) in [4.78, 5) is 15.8. The Balaban J connectivity index is 1.95. The van der Waals surface area contributed by atoms with E-state index in [-0.39, 0.29) is 6.61 Å². The summed E-state index contributed by atoms with van der Waals surface area (Å²) in [5.41, 5.74) is 1.59. The molecule has 0 spiro atoms. The second kappa shape index (κ2) is 7.05. The lowest BCUT2D eigenvalue weighted by Gasteiger charge is -1.99. The van der Waals surface area contributed by atoms with Gasteiger partial charge in [0.1, 0.15) is 0 Å². The lowest BCUT2D eigenvalue weighted by Crippen LogP contribution is -2.01. The van der Waals surface area contributed by atoms with Crippen molar-refractivity contribution >= 4 is 22.9 Å². The van der Waals surface area contributed by atoms with Crippen LogP contribution in [-0.2, 0) is 9.53 Å². The van der Waals surface area contributed by atoms with Crippen molar-refractivity contribution in [2.24, 2.45) is 0 Å². The molecule has 4 nitrogen and oxygen atoms in total. The largest absolute Gasteiger partial charge is 0.462 e. The maximum absolute atomic E-state index is 11.4. The average molecular weight is 266 g/mol. The van der Waals surface area contributed by atoms with Crippen molar-refractivity contribution in [3.8, 4) is 6.07 Å². The first kappa shape index (κ1) is 13.8. The van der Waals surface area contributed by atoms with Crippen LogP contribution < -0.4 is 0 Å². The standard InChI is InChI=1S/C16H14N2O2/c17-11-3-4-12-20-16(19)10-9-14-8-7-13-5-1-2-6-15(13)18-14/h1-2,5-10H,3-4,12H2/b10-9+. The van der Waals surface area contributed by atoms with E-state index < -0.39 is 5.97 Å². The van der Waals surface area contributed by atoms with Gasteiger partial charge in [0.2, 0.25) is 0 Å². The van der Waals surface area contributed by atoms with E-state index in [9.17, 15) is 4.79 Å². The fourth-order valence-electron chi connectivity index (χ4n) is 1.70. The number of rotatable bonds is 5. The van der Waals surface area contributed by atoms with Crippen molar-refractivity contribution in [1.82, 2.24) is 4.98 Å². The van der Waals surface area contributed by atoms with Gasteiger partial charge in [0.25, 0.3) is 0 Å². The molecule has 1 heterocycles. The number of hydrogen-bond acceptors (Lipinski definition) is 4. The Morgan fingerprint density at radius 1 is 1.30 bits per heavy atom. The minimum Gasteiger partial charge on any atom is -0.462 e. The highest BCUT2D eigenvalue weighted by atomic mass is 16.5. The molecule has 0 fully saturated rings. The maximum Gasteiger partial charge on any atom is 0.330 e. The van der Waals surface area contributed by atoms with E-state index in [2.05, 4.69) is 4.98 Å². The number of pyridine rings is 1. The van der Waals surface area contributed by atoms with Gasteiger partial charge in [-0.05, 0) is 24.6 Å². The highest BCUT2D eigenvalue weighted by molar-refractivity contribution is 5.87. The Hall–Kier alpha value is -2.67. The number of unbranched alkanes of at least 4 members (excludes halogenated alkanes) is 1. The number of ether oxygens (including phenoxy) is 1. The maximum atomic E-state index is 11.4. The predicted molar refractivity (Wildman–Crippen MR) is 76.6 cm³/mol. The first-order valence-electron chi connectivity index (χ1n) is 6.37. The molecule has 2 rings (SSSR count). The molecule has 1 aromatic heterocycles. The van der Waals surface area contributed by atoms with Crippen molar-refractivity contribution < 1.29 is 9.53 Å². The second-order valence-corrected chi connectivity index (χ2v) is 4.19. The normalized spacial score (nSPS) is 10.6. The number of para-hydroxylation sites is 1. The number of nitrogens with zero attached hydrogens (tertiary/aromatic N) is 2. The summed E-state index contributed by atoms with van der Waals surface area (Å²) in [7, 11) is 0. The van der Waals surface area contributed by atoms with Crippen LogP contribution in [0.1, 0.15) is 18.5 Å². The number of hydrogen-bond donors (Lipinski definition) is 0. The summed E-state index contributed by atoms with van der Waals surface area (Å²) < 4.78 is 4.95.